The Balaban J connectivity index is 1.89. The molecule has 0 aromatic heterocycles. The Morgan fingerprint density at radius 3 is 2.54 bits per heavy atom. The van der Waals surface area contributed by atoms with E-state index in [2.05, 4.69) is 15.4 Å². The average Bonchev–Trinajstić information content (AvgIpc) is 2.71. The van der Waals surface area contributed by atoms with Crippen LogP contribution < -0.4 is 20.1 Å². The van der Waals surface area contributed by atoms with Gasteiger partial charge in [-0.1, -0.05) is 18.2 Å². The molecule has 0 heterocycles. The van der Waals surface area contributed by atoms with Gasteiger partial charge in [0.1, 0.15) is 11.5 Å². The Hall–Kier alpha value is -3.55. The number of methoxy groups -OCH3 is 1. The number of hydrogen-bond donors (Lipinski definition) is 2. The van der Waals surface area contributed by atoms with E-state index in [-0.39, 0.29) is 13.2 Å². The van der Waals surface area contributed by atoms with Crippen LogP contribution in [0, 0.1) is 0 Å². The number of rotatable bonds is 9. The Morgan fingerprint density at radius 1 is 1.00 bits per heavy atom. The van der Waals surface area contributed by atoms with Crippen molar-refractivity contribution < 1.29 is 28.6 Å². The van der Waals surface area contributed by atoms with Crippen molar-refractivity contribution in [2.75, 3.05) is 32.2 Å². The van der Waals surface area contributed by atoms with Gasteiger partial charge in [-0.05, 0) is 31.2 Å². The van der Waals surface area contributed by atoms with Crippen molar-refractivity contribution in [2.45, 2.75) is 6.92 Å². The number of benzene rings is 2. The summed E-state index contributed by atoms with van der Waals surface area (Å²) >= 11 is 0. The fourth-order valence-corrected chi connectivity index (χ4v) is 2.26. The highest BCUT2D eigenvalue weighted by Crippen LogP contribution is 2.18. The van der Waals surface area contributed by atoms with Crippen molar-refractivity contribution in [1.29, 1.82) is 0 Å². The summed E-state index contributed by atoms with van der Waals surface area (Å²) in [7, 11) is 1.27. The van der Waals surface area contributed by atoms with Gasteiger partial charge in [-0.3, -0.25) is 9.59 Å². The largest absolute Gasteiger partial charge is 0.493 e. The normalized spacial score (nSPS) is 9.93. The standard InChI is InChI=1S/C20H22N2O6/c1-3-27-17-10-5-4-9-16(17)20(25)21-12-18(23)22-14-7-6-8-15(11-14)28-13-19(24)26-2/h4-11H,3,12-13H2,1-2H3,(H,21,25)(H,22,23). The molecule has 0 aliphatic rings. The molecular formula is C20H22N2O6. The molecular weight excluding hydrogens is 364 g/mol. The van der Waals surface area contributed by atoms with E-state index in [4.69, 9.17) is 9.47 Å². The van der Waals surface area contributed by atoms with Crippen molar-refractivity contribution in [1.82, 2.24) is 5.32 Å². The molecule has 28 heavy (non-hydrogen) atoms. The first-order valence-corrected chi connectivity index (χ1v) is 8.63. The Labute approximate surface area is 162 Å². The summed E-state index contributed by atoms with van der Waals surface area (Å²) in [6.45, 7) is 1.81. The summed E-state index contributed by atoms with van der Waals surface area (Å²) < 4.78 is 15.2. The van der Waals surface area contributed by atoms with Gasteiger partial charge in [0, 0.05) is 11.8 Å². The number of ether oxygens (including phenoxy) is 3. The zero-order valence-electron chi connectivity index (χ0n) is 15.7. The highest BCUT2D eigenvalue weighted by Gasteiger charge is 2.13. The molecule has 0 saturated heterocycles. The summed E-state index contributed by atoms with van der Waals surface area (Å²) in [5, 5.41) is 5.21. The van der Waals surface area contributed by atoms with Gasteiger partial charge in [-0.15, -0.1) is 0 Å². The summed E-state index contributed by atoms with van der Waals surface area (Å²) in [5.74, 6) is -0.470. The number of hydrogen-bond acceptors (Lipinski definition) is 6. The van der Waals surface area contributed by atoms with E-state index in [9.17, 15) is 14.4 Å². The van der Waals surface area contributed by atoms with E-state index in [0.29, 0.717) is 29.4 Å². The Morgan fingerprint density at radius 2 is 1.79 bits per heavy atom. The first-order chi connectivity index (χ1) is 13.5. The lowest BCUT2D eigenvalue weighted by Gasteiger charge is -2.11. The Bertz CT molecular complexity index is 837. The number of amides is 2. The van der Waals surface area contributed by atoms with E-state index in [1.807, 2.05) is 6.92 Å². The molecule has 2 rings (SSSR count). The second-order valence-corrected chi connectivity index (χ2v) is 5.55. The minimum Gasteiger partial charge on any atom is -0.493 e. The van der Waals surface area contributed by atoms with E-state index >= 15 is 0 Å². The topological polar surface area (TPSA) is 103 Å². The zero-order valence-corrected chi connectivity index (χ0v) is 15.7. The lowest BCUT2D eigenvalue weighted by Crippen LogP contribution is -2.33. The van der Waals surface area contributed by atoms with E-state index in [1.54, 1.807) is 48.5 Å². The van der Waals surface area contributed by atoms with Gasteiger partial charge >= 0.3 is 5.97 Å². The summed E-state index contributed by atoms with van der Waals surface area (Å²) in [4.78, 5) is 35.5. The molecule has 0 unspecified atom stereocenters. The third kappa shape index (κ3) is 6.31. The molecule has 8 nitrogen and oxygen atoms in total. The molecule has 8 heteroatoms. The number of para-hydroxylation sites is 1. The molecule has 0 aliphatic heterocycles. The van der Waals surface area contributed by atoms with Crippen molar-refractivity contribution >= 4 is 23.5 Å². The Kier molecular flexibility index (Phi) is 7.83. The van der Waals surface area contributed by atoms with Crippen LogP contribution in [0.25, 0.3) is 0 Å². The predicted octanol–water partition coefficient (Wildman–Crippen LogP) is 2.01. The number of esters is 1. The predicted molar refractivity (Wildman–Crippen MR) is 103 cm³/mol. The monoisotopic (exact) mass is 386 g/mol. The van der Waals surface area contributed by atoms with Gasteiger partial charge < -0.3 is 24.8 Å². The molecule has 0 fully saturated rings. The van der Waals surface area contributed by atoms with Gasteiger partial charge in [0.2, 0.25) is 5.91 Å². The van der Waals surface area contributed by atoms with Crippen LogP contribution in [0.2, 0.25) is 0 Å². The minimum absolute atomic E-state index is 0.216. The average molecular weight is 386 g/mol. The first kappa shape index (κ1) is 20.8. The van der Waals surface area contributed by atoms with Gasteiger partial charge in [-0.2, -0.15) is 0 Å². The first-order valence-electron chi connectivity index (χ1n) is 8.63. The van der Waals surface area contributed by atoms with E-state index in [1.165, 1.54) is 7.11 Å². The number of carbonyl (C=O) groups is 3. The lowest BCUT2D eigenvalue weighted by atomic mass is 10.2. The molecule has 0 spiro atoms. The van der Waals surface area contributed by atoms with Crippen LogP contribution in [-0.2, 0) is 14.3 Å². The summed E-state index contributed by atoms with van der Waals surface area (Å²) in [6.07, 6.45) is 0. The third-order valence-electron chi connectivity index (χ3n) is 3.54. The van der Waals surface area contributed by atoms with Crippen molar-refractivity contribution in [3.63, 3.8) is 0 Å². The number of nitrogens with one attached hydrogen (secondary N) is 2. The zero-order chi connectivity index (χ0) is 20.4. The van der Waals surface area contributed by atoms with Gasteiger partial charge in [0.15, 0.2) is 6.61 Å². The van der Waals surface area contributed by atoms with Crippen molar-refractivity contribution in [3.8, 4) is 11.5 Å². The molecule has 0 atom stereocenters. The van der Waals surface area contributed by atoms with Crippen LogP contribution in [0.5, 0.6) is 11.5 Å². The molecule has 2 N–H and O–H groups in total. The highest BCUT2D eigenvalue weighted by atomic mass is 16.6. The van der Waals surface area contributed by atoms with Crippen LogP contribution in [0.3, 0.4) is 0 Å². The van der Waals surface area contributed by atoms with E-state index < -0.39 is 17.8 Å². The fraction of sp³-hybridized carbons (Fsp3) is 0.250. The molecule has 0 bridgehead atoms. The lowest BCUT2D eigenvalue weighted by molar-refractivity contribution is -0.142. The number of anilines is 1. The fourth-order valence-electron chi connectivity index (χ4n) is 2.26. The maximum absolute atomic E-state index is 12.3. The van der Waals surface area contributed by atoms with Crippen LogP contribution in [-0.4, -0.2) is 44.7 Å². The van der Waals surface area contributed by atoms with Crippen molar-refractivity contribution in [3.05, 3.63) is 54.1 Å². The molecule has 0 radical (unpaired) electrons. The smallest absolute Gasteiger partial charge is 0.343 e. The quantitative estimate of drug-likeness (QED) is 0.639. The summed E-state index contributed by atoms with van der Waals surface area (Å²) in [6, 6.07) is 13.3. The molecule has 0 aliphatic carbocycles. The van der Waals surface area contributed by atoms with Gasteiger partial charge in [0.25, 0.3) is 5.91 Å². The van der Waals surface area contributed by atoms with E-state index in [0.717, 1.165) is 0 Å². The van der Waals surface area contributed by atoms with Gasteiger partial charge in [0.05, 0.1) is 25.8 Å². The molecule has 2 amide bonds. The van der Waals surface area contributed by atoms with Crippen LogP contribution >= 0.6 is 0 Å². The van der Waals surface area contributed by atoms with Crippen molar-refractivity contribution in [2.24, 2.45) is 0 Å². The number of carbonyl (C=O) groups excluding carboxylic acids is 3. The molecule has 2 aromatic rings. The van der Waals surface area contributed by atoms with Crippen LogP contribution in [0.1, 0.15) is 17.3 Å². The summed E-state index contributed by atoms with van der Waals surface area (Å²) in [5.41, 5.74) is 0.826. The molecule has 0 saturated carbocycles. The minimum atomic E-state index is -0.510. The second-order valence-electron chi connectivity index (χ2n) is 5.55. The van der Waals surface area contributed by atoms with Crippen LogP contribution in [0.4, 0.5) is 5.69 Å². The second kappa shape index (κ2) is 10.6. The third-order valence-corrected chi connectivity index (χ3v) is 3.54. The SMILES string of the molecule is CCOc1ccccc1C(=O)NCC(=O)Nc1cccc(OCC(=O)OC)c1. The molecule has 2 aromatic carbocycles. The van der Waals surface area contributed by atoms with Crippen LogP contribution in [0.15, 0.2) is 48.5 Å². The molecule has 148 valence electrons. The van der Waals surface area contributed by atoms with Gasteiger partial charge in [-0.25, -0.2) is 4.79 Å². The maximum atomic E-state index is 12.3. The highest BCUT2D eigenvalue weighted by molar-refractivity contribution is 6.00. The maximum Gasteiger partial charge on any atom is 0.343 e.